The first kappa shape index (κ1) is 12.1. The monoisotopic (exact) mass is 235 g/mol. The minimum Gasteiger partial charge on any atom is -0.388 e. The molecule has 0 saturated carbocycles. The summed E-state index contributed by atoms with van der Waals surface area (Å²) in [6.07, 6.45) is 0.211. The Hall–Kier alpha value is -1.39. The summed E-state index contributed by atoms with van der Waals surface area (Å²) in [5, 5.41) is 22.2. The summed E-state index contributed by atoms with van der Waals surface area (Å²) in [6.45, 7) is 1.44. The van der Waals surface area contributed by atoms with E-state index in [1.54, 1.807) is 0 Å². The molecule has 2 rings (SSSR count). The molecule has 0 radical (unpaired) electrons. The highest BCUT2D eigenvalue weighted by Crippen LogP contribution is 2.27. The predicted molar refractivity (Wildman–Crippen MR) is 63.5 cm³/mol. The highest BCUT2D eigenvalue weighted by Gasteiger charge is 2.21. The van der Waals surface area contributed by atoms with E-state index in [9.17, 15) is 15.0 Å². The Bertz CT molecular complexity index is 431. The van der Waals surface area contributed by atoms with Crippen molar-refractivity contribution >= 4 is 5.91 Å². The third-order valence-corrected chi connectivity index (χ3v) is 3.16. The van der Waals surface area contributed by atoms with Crippen molar-refractivity contribution in [1.82, 2.24) is 5.32 Å². The molecule has 3 N–H and O–H groups in total. The van der Waals surface area contributed by atoms with E-state index in [-0.39, 0.29) is 12.5 Å². The second-order valence-electron chi connectivity index (χ2n) is 4.48. The molecular weight excluding hydrogens is 218 g/mol. The van der Waals surface area contributed by atoms with Gasteiger partial charge in [-0.2, -0.15) is 0 Å². The standard InChI is InChI=1S/C13H17NO3/c1-8(15)14-7-12(16)13(17)11-5-3-9-2-4-10(9)6-11/h3,5-6,12-13,16-17H,2,4,7H2,1H3,(H,14,15). The first-order valence-corrected chi connectivity index (χ1v) is 5.80. The average Bonchev–Trinajstić information content (AvgIpc) is 2.26. The van der Waals surface area contributed by atoms with Gasteiger partial charge in [0.25, 0.3) is 0 Å². The van der Waals surface area contributed by atoms with Crippen LogP contribution < -0.4 is 5.32 Å². The number of hydrogen-bond donors (Lipinski definition) is 3. The first-order valence-electron chi connectivity index (χ1n) is 5.80. The molecule has 0 spiro atoms. The van der Waals surface area contributed by atoms with Crippen molar-refractivity contribution in [3.8, 4) is 0 Å². The Labute approximate surface area is 100 Å². The lowest BCUT2D eigenvalue weighted by Crippen LogP contribution is -2.34. The number of carbonyl (C=O) groups is 1. The number of carbonyl (C=O) groups excluding carboxylic acids is 1. The number of fused-ring (bicyclic) bond motifs is 1. The van der Waals surface area contributed by atoms with Crippen LogP contribution in [0.1, 0.15) is 29.7 Å². The van der Waals surface area contributed by atoms with Gasteiger partial charge < -0.3 is 15.5 Å². The van der Waals surface area contributed by atoms with E-state index in [1.807, 2.05) is 18.2 Å². The highest BCUT2D eigenvalue weighted by molar-refractivity contribution is 5.72. The molecule has 2 atom stereocenters. The topological polar surface area (TPSA) is 69.6 Å². The van der Waals surface area contributed by atoms with E-state index in [0.717, 1.165) is 12.8 Å². The van der Waals surface area contributed by atoms with Crippen LogP contribution in [-0.2, 0) is 17.6 Å². The molecule has 0 aliphatic heterocycles. The molecule has 92 valence electrons. The molecule has 0 heterocycles. The van der Waals surface area contributed by atoms with Gasteiger partial charge in [-0.05, 0) is 29.5 Å². The largest absolute Gasteiger partial charge is 0.388 e. The molecular formula is C13H17NO3. The van der Waals surface area contributed by atoms with Crippen LogP contribution in [0.2, 0.25) is 0 Å². The molecule has 1 aliphatic rings. The van der Waals surface area contributed by atoms with Crippen molar-refractivity contribution < 1.29 is 15.0 Å². The number of amides is 1. The highest BCUT2D eigenvalue weighted by atomic mass is 16.3. The Morgan fingerprint density at radius 1 is 1.35 bits per heavy atom. The number of benzene rings is 1. The van der Waals surface area contributed by atoms with Crippen LogP contribution in [0, 0.1) is 0 Å². The SMILES string of the molecule is CC(=O)NCC(O)C(O)c1ccc2c(c1)CC2. The number of aryl methyl sites for hydroxylation is 2. The average molecular weight is 235 g/mol. The molecule has 0 fully saturated rings. The number of hydrogen-bond acceptors (Lipinski definition) is 3. The summed E-state index contributed by atoms with van der Waals surface area (Å²) in [4.78, 5) is 10.7. The van der Waals surface area contributed by atoms with Gasteiger partial charge in [-0.15, -0.1) is 0 Å². The van der Waals surface area contributed by atoms with Crippen LogP contribution in [0.4, 0.5) is 0 Å². The summed E-state index contributed by atoms with van der Waals surface area (Å²) in [5.74, 6) is -0.214. The maximum absolute atomic E-state index is 10.7. The Morgan fingerprint density at radius 2 is 2.06 bits per heavy atom. The van der Waals surface area contributed by atoms with Crippen LogP contribution in [0.25, 0.3) is 0 Å². The summed E-state index contributed by atoms with van der Waals surface area (Å²) in [7, 11) is 0. The van der Waals surface area contributed by atoms with E-state index < -0.39 is 12.2 Å². The van der Waals surface area contributed by atoms with Crippen molar-refractivity contribution in [1.29, 1.82) is 0 Å². The number of nitrogens with one attached hydrogen (secondary N) is 1. The van der Waals surface area contributed by atoms with Crippen molar-refractivity contribution in [2.24, 2.45) is 0 Å². The molecule has 0 aromatic heterocycles. The van der Waals surface area contributed by atoms with E-state index in [4.69, 9.17) is 0 Å². The van der Waals surface area contributed by atoms with Gasteiger partial charge in [-0.1, -0.05) is 18.2 Å². The minimum atomic E-state index is -0.975. The molecule has 17 heavy (non-hydrogen) atoms. The van der Waals surface area contributed by atoms with Crippen LogP contribution >= 0.6 is 0 Å². The molecule has 1 aromatic carbocycles. The zero-order valence-corrected chi connectivity index (χ0v) is 9.81. The Kier molecular flexibility index (Phi) is 3.45. The van der Waals surface area contributed by atoms with E-state index in [0.29, 0.717) is 5.56 Å². The lowest BCUT2D eigenvalue weighted by molar-refractivity contribution is -0.119. The summed E-state index contributed by atoms with van der Waals surface area (Å²) < 4.78 is 0. The van der Waals surface area contributed by atoms with E-state index >= 15 is 0 Å². The molecule has 1 aromatic rings. The van der Waals surface area contributed by atoms with Gasteiger partial charge in [0, 0.05) is 13.5 Å². The predicted octanol–water partition coefficient (Wildman–Crippen LogP) is 0.316. The quantitative estimate of drug-likeness (QED) is 0.703. The smallest absolute Gasteiger partial charge is 0.216 e. The summed E-state index contributed by atoms with van der Waals surface area (Å²) in [6, 6.07) is 5.75. The van der Waals surface area contributed by atoms with Gasteiger partial charge >= 0.3 is 0 Å². The zero-order chi connectivity index (χ0) is 12.4. The third kappa shape index (κ3) is 2.65. The van der Waals surface area contributed by atoms with Crippen LogP contribution in [0.5, 0.6) is 0 Å². The van der Waals surface area contributed by atoms with E-state index in [1.165, 1.54) is 18.1 Å². The molecule has 0 bridgehead atoms. The Morgan fingerprint density at radius 3 is 2.59 bits per heavy atom. The van der Waals surface area contributed by atoms with Crippen LogP contribution in [-0.4, -0.2) is 28.8 Å². The maximum Gasteiger partial charge on any atom is 0.216 e. The van der Waals surface area contributed by atoms with Gasteiger partial charge in [0.1, 0.15) is 12.2 Å². The lowest BCUT2D eigenvalue weighted by atomic mass is 9.86. The summed E-state index contributed by atoms with van der Waals surface area (Å²) >= 11 is 0. The van der Waals surface area contributed by atoms with Gasteiger partial charge in [0.2, 0.25) is 5.91 Å². The van der Waals surface area contributed by atoms with Crippen molar-refractivity contribution in [2.75, 3.05) is 6.54 Å². The van der Waals surface area contributed by atoms with Crippen molar-refractivity contribution in [2.45, 2.75) is 32.0 Å². The molecule has 1 amide bonds. The number of aliphatic hydroxyl groups excluding tert-OH is 2. The Balaban J connectivity index is 2.00. The molecule has 0 saturated heterocycles. The first-order chi connectivity index (χ1) is 8.08. The third-order valence-electron chi connectivity index (χ3n) is 3.16. The molecule has 1 aliphatic carbocycles. The van der Waals surface area contributed by atoms with Crippen molar-refractivity contribution in [3.63, 3.8) is 0 Å². The molecule has 2 unspecified atom stereocenters. The summed E-state index contributed by atoms with van der Waals surface area (Å²) in [5.41, 5.74) is 3.27. The molecule has 4 nitrogen and oxygen atoms in total. The van der Waals surface area contributed by atoms with Crippen LogP contribution in [0.3, 0.4) is 0 Å². The maximum atomic E-state index is 10.7. The number of aliphatic hydroxyl groups is 2. The van der Waals surface area contributed by atoms with Crippen molar-refractivity contribution in [3.05, 3.63) is 34.9 Å². The fourth-order valence-corrected chi connectivity index (χ4v) is 1.98. The van der Waals surface area contributed by atoms with Gasteiger partial charge in [0.05, 0.1) is 0 Å². The van der Waals surface area contributed by atoms with E-state index in [2.05, 4.69) is 5.32 Å². The zero-order valence-electron chi connectivity index (χ0n) is 9.81. The fourth-order valence-electron chi connectivity index (χ4n) is 1.98. The lowest BCUT2D eigenvalue weighted by Gasteiger charge is -2.23. The number of rotatable bonds is 4. The minimum absolute atomic E-state index is 0.0631. The second kappa shape index (κ2) is 4.85. The normalized spacial score (nSPS) is 16.6. The second-order valence-corrected chi connectivity index (χ2v) is 4.48. The van der Waals surface area contributed by atoms with Gasteiger partial charge in [-0.3, -0.25) is 4.79 Å². The van der Waals surface area contributed by atoms with Gasteiger partial charge in [-0.25, -0.2) is 0 Å². The van der Waals surface area contributed by atoms with Gasteiger partial charge in [0.15, 0.2) is 0 Å². The van der Waals surface area contributed by atoms with Crippen LogP contribution in [0.15, 0.2) is 18.2 Å². The fraction of sp³-hybridized carbons (Fsp3) is 0.462. The molecule has 4 heteroatoms.